The van der Waals surface area contributed by atoms with E-state index in [4.69, 9.17) is 4.74 Å². The first-order valence-electron chi connectivity index (χ1n) is 9.81. The van der Waals surface area contributed by atoms with Crippen LogP contribution in [0, 0.1) is 17.4 Å². The second-order valence-electron chi connectivity index (χ2n) is 8.24. The maximum atomic E-state index is 13.2. The molecule has 4 nitrogen and oxygen atoms in total. The van der Waals surface area contributed by atoms with Crippen LogP contribution in [-0.4, -0.2) is 31.9 Å². The number of amides is 1. The molecule has 0 saturated carbocycles. The number of para-hydroxylation sites is 2. The summed E-state index contributed by atoms with van der Waals surface area (Å²) >= 11 is 0. The van der Waals surface area contributed by atoms with Crippen molar-refractivity contribution in [1.29, 1.82) is 0 Å². The molecule has 1 aliphatic rings. The van der Waals surface area contributed by atoms with Gasteiger partial charge in [-0.05, 0) is 29.8 Å². The Morgan fingerprint density at radius 1 is 1.14 bits per heavy atom. The number of ether oxygens (including phenoxy) is 1. The molecule has 0 unspecified atom stereocenters. The quantitative estimate of drug-likeness (QED) is 0.580. The summed E-state index contributed by atoms with van der Waals surface area (Å²) in [4.78, 5) is 14.8. The van der Waals surface area contributed by atoms with Crippen molar-refractivity contribution < 1.29 is 14.6 Å². The molecule has 1 aliphatic heterocycles. The molecule has 150 valence electrons. The third-order valence-electron chi connectivity index (χ3n) is 4.64. The summed E-state index contributed by atoms with van der Waals surface area (Å²) in [5.74, 6) is 3.74. The number of hydrogen-bond donors (Lipinski definition) is 1. The molecule has 0 saturated heterocycles. The molecule has 0 aromatic heterocycles. The fraction of sp³-hybridized carbons (Fsp3) is 0.292. The lowest BCUT2D eigenvalue weighted by atomic mass is 9.88. The maximum Gasteiger partial charge on any atom is 0.421 e. The fourth-order valence-electron chi connectivity index (χ4n) is 3.19. The van der Waals surface area contributed by atoms with Gasteiger partial charge in [0.05, 0.1) is 5.69 Å². The molecule has 1 N–H and O–H groups in total. The number of anilines is 1. The van der Waals surface area contributed by atoms with Crippen LogP contribution in [0.1, 0.15) is 12.5 Å². The van der Waals surface area contributed by atoms with Gasteiger partial charge in [0.25, 0.3) is 0 Å². The summed E-state index contributed by atoms with van der Waals surface area (Å²) in [5, 5.41) is 9.75. The van der Waals surface area contributed by atoms with Gasteiger partial charge in [0.2, 0.25) is 0 Å². The summed E-state index contributed by atoms with van der Waals surface area (Å²) in [6, 6.07) is 16.3. The number of nitrogens with zero attached hydrogens (tertiary/aromatic N) is 1. The van der Waals surface area contributed by atoms with Crippen molar-refractivity contribution >= 4 is 25.4 Å². The lowest BCUT2D eigenvalue weighted by Crippen LogP contribution is -2.43. The summed E-state index contributed by atoms with van der Waals surface area (Å²) in [6.45, 7) is 8.52. The fourth-order valence-corrected chi connectivity index (χ4v) is 3.77. The van der Waals surface area contributed by atoms with E-state index in [1.165, 1.54) is 0 Å². The van der Waals surface area contributed by atoms with Crippen LogP contribution in [-0.2, 0) is 0 Å². The van der Waals surface area contributed by atoms with Gasteiger partial charge in [-0.1, -0.05) is 68.9 Å². The third kappa shape index (κ3) is 4.97. The van der Waals surface area contributed by atoms with Gasteiger partial charge in [0, 0.05) is 18.1 Å². The number of carbonyl (C=O) groups excluding carboxylic acids is 1. The molecule has 0 radical (unpaired) electrons. The summed E-state index contributed by atoms with van der Waals surface area (Å²) < 4.78 is 5.65. The average Bonchev–Trinajstić information content (AvgIpc) is 2.70. The maximum absolute atomic E-state index is 13.2. The molecule has 0 bridgehead atoms. The van der Waals surface area contributed by atoms with Crippen molar-refractivity contribution in [3.63, 3.8) is 0 Å². The predicted molar refractivity (Wildman–Crippen MR) is 121 cm³/mol. The summed E-state index contributed by atoms with van der Waals surface area (Å²) in [6.07, 6.45) is 1.52. The molecular weight excluding hydrogens is 378 g/mol. The normalized spacial score (nSPS) is 16.8. The minimum absolute atomic E-state index is 0.0306. The van der Waals surface area contributed by atoms with Crippen molar-refractivity contribution in [2.75, 3.05) is 11.5 Å². The molecule has 1 amide bonds. The number of aliphatic hydroxyl groups is 1. The molecule has 2 aromatic rings. The summed E-state index contributed by atoms with van der Waals surface area (Å²) in [7, 11) is -1.65. The molecule has 2 aromatic carbocycles. The molecule has 3 rings (SSSR count). The average molecular weight is 406 g/mol. The Hall–Kier alpha value is -2.81. The molecule has 0 spiro atoms. The van der Waals surface area contributed by atoms with E-state index in [0.717, 1.165) is 16.8 Å². The van der Waals surface area contributed by atoms with Gasteiger partial charge in [-0.25, -0.2) is 4.79 Å². The van der Waals surface area contributed by atoms with E-state index in [1.807, 2.05) is 55.5 Å². The third-order valence-corrected chi connectivity index (χ3v) is 5.53. The van der Waals surface area contributed by atoms with Crippen LogP contribution in [0.25, 0.3) is 5.57 Å². The highest BCUT2D eigenvalue weighted by molar-refractivity contribution is 6.83. The molecule has 0 aliphatic carbocycles. The second-order valence-corrected chi connectivity index (χ2v) is 13.0. The Morgan fingerprint density at radius 2 is 1.79 bits per heavy atom. The lowest BCUT2D eigenvalue weighted by Gasteiger charge is -2.34. The minimum Gasteiger partial charge on any atom is -0.410 e. The van der Waals surface area contributed by atoms with Gasteiger partial charge in [0.15, 0.2) is 0 Å². The first kappa shape index (κ1) is 20.9. The highest BCUT2D eigenvalue weighted by Gasteiger charge is 2.33. The zero-order chi connectivity index (χ0) is 21.0. The summed E-state index contributed by atoms with van der Waals surface area (Å²) in [5.41, 5.74) is 6.06. The zero-order valence-corrected chi connectivity index (χ0v) is 18.3. The van der Waals surface area contributed by atoms with Crippen LogP contribution in [0.3, 0.4) is 0 Å². The topological polar surface area (TPSA) is 49.8 Å². The number of benzene rings is 2. The largest absolute Gasteiger partial charge is 0.421 e. The minimum atomic E-state index is -1.65. The molecule has 2 atom stereocenters. The van der Waals surface area contributed by atoms with E-state index < -0.39 is 20.2 Å². The molecular formula is C24H27NO3Si. The smallest absolute Gasteiger partial charge is 0.410 e. The SMILES string of the molecule is C[C@H](CO)C1=C[C@@H](C#C[Si](C)(C)C)N(C(=O)Oc2ccccc2)c2ccccc21. The van der Waals surface area contributed by atoms with Gasteiger partial charge in [-0.3, -0.25) is 4.90 Å². The van der Waals surface area contributed by atoms with Crippen molar-refractivity contribution in [3.8, 4) is 17.2 Å². The van der Waals surface area contributed by atoms with Crippen LogP contribution in [0.5, 0.6) is 5.75 Å². The standard InChI is InChI=1S/C24H27NO3Si/c1-18(17-26)22-16-19(14-15-29(2,3)4)25(23-13-9-8-12-21(22)23)24(27)28-20-10-6-5-7-11-20/h5-13,16,18-19,26H,17H2,1-4H3/t18-,19-/m1/s1. The van der Waals surface area contributed by atoms with Gasteiger partial charge >= 0.3 is 6.09 Å². The van der Waals surface area contributed by atoms with E-state index in [0.29, 0.717) is 5.75 Å². The van der Waals surface area contributed by atoms with Gasteiger partial charge in [0.1, 0.15) is 19.9 Å². The molecule has 0 fully saturated rings. The van der Waals surface area contributed by atoms with Crippen LogP contribution in [0.15, 0.2) is 60.7 Å². The monoisotopic (exact) mass is 405 g/mol. The number of fused-ring (bicyclic) bond motifs is 1. The van der Waals surface area contributed by atoms with Crippen LogP contribution >= 0.6 is 0 Å². The number of aliphatic hydroxyl groups excluding tert-OH is 1. The van der Waals surface area contributed by atoms with Crippen molar-refractivity contribution in [1.82, 2.24) is 0 Å². The van der Waals surface area contributed by atoms with E-state index >= 15 is 0 Å². The lowest BCUT2D eigenvalue weighted by molar-refractivity contribution is 0.207. The number of carbonyl (C=O) groups is 1. The first-order valence-corrected chi connectivity index (χ1v) is 13.3. The highest BCUT2D eigenvalue weighted by Crippen LogP contribution is 2.38. The molecule has 29 heavy (non-hydrogen) atoms. The van der Waals surface area contributed by atoms with Crippen LogP contribution in [0.4, 0.5) is 10.5 Å². The Labute approximate surface area is 173 Å². The van der Waals surface area contributed by atoms with Crippen LogP contribution in [0.2, 0.25) is 19.6 Å². The van der Waals surface area contributed by atoms with Gasteiger partial charge in [-0.2, -0.15) is 0 Å². The van der Waals surface area contributed by atoms with Crippen molar-refractivity contribution in [3.05, 3.63) is 66.2 Å². The van der Waals surface area contributed by atoms with E-state index in [-0.39, 0.29) is 12.5 Å². The molecule has 1 heterocycles. The Morgan fingerprint density at radius 3 is 2.45 bits per heavy atom. The Bertz CT molecular complexity index is 967. The van der Waals surface area contributed by atoms with E-state index in [9.17, 15) is 9.90 Å². The number of rotatable bonds is 3. The van der Waals surface area contributed by atoms with Gasteiger partial charge < -0.3 is 9.84 Å². The molecule has 5 heteroatoms. The number of hydrogen-bond acceptors (Lipinski definition) is 3. The zero-order valence-electron chi connectivity index (χ0n) is 17.3. The Kier molecular flexibility index (Phi) is 6.26. The van der Waals surface area contributed by atoms with E-state index in [1.54, 1.807) is 17.0 Å². The second kappa shape index (κ2) is 8.69. The van der Waals surface area contributed by atoms with E-state index in [2.05, 4.69) is 31.1 Å². The highest BCUT2D eigenvalue weighted by atomic mass is 28.3. The van der Waals surface area contributed by atoms with Crippen molar-refractivity contribution in [2.24, 2.45) is 5.92 Å². The van der Waals surface area contributed by atoms with Crippen LogP contribution < -0.4 is 9.64 Å². The Balaban J connectivity index is 2.08. The first-order chi connectivity index (χ1) is 13.8. The predicted octanol–water partition coefficient (Wildman–Crippen LogP) is 4.97. The van der Waals surface area contributed by atoms with Gasteiger partial charge in [-0.15, -0.1) is 5.54 Å². The van der Waals surface area contributed by atoms with Crippen molar-refractivity contribution in [2.45, 2.75) is 32.6 Å².